The van der Waals surface area contributed by atoms with Crippen LogP contribution in [0.4, 0.5) is 0 Å². The number of likely N-dealkylation sites (tertiary alicyclic amines) is 1. The van der Waals surface area contributed by atoms with E-state index in [9.17, 15) is 5.11 Å². The lowest BCUT2D eigenvalue weighted by atomic mass is 9.68. The number of piperidine rings is 1. The van der Waals surface area contributed by atoms with Crippen molar-refractivity contribution in [3.8, 4) is 5.75 Å². The summed E-state index contributed by atoms with van der Waals surface area (Å²) >= 11 is 5.95. The second kappa shape index (κ2) is 7.70. The summed E-state index contributed by atoms with van der Waals surface area (Å²) in [5.41, 5.74) is 1.34. The van der Waals surface area contributed by atoms with Crippen molar-refractivity contribution < 1.29 is 5.11 Å². The largest absolute Gasteiger partial charge is 0.506 e. The Hall–Kier alpha value is -0.730. The molecule has 0 radical (unpaired) electrons. The van der Waals surface area contributed by atoms with Crippen LogP contribution in [-0.4, -0.2) is 29.6 Å². The number of halogens is 1. The van der Waals surface area contributed by atoms with Gasteiger partial charge in [-0.1, -0.05) is 57.7 Å². The third kappa shape index (κ3) is 3.97. The molecule has 0 spiro atoms. The van der Waals surface area contributed by atoms with Crippen LogP contribution in [0.3, 0.4) is 0 Å². The van der Waals surface area contributed by atoms with Crippen LogP contribution in [0.15, 0.2) is 18.2 Å². The zero-order valence-electron chi connectivity index (χ0n) is 14.2. The van der Waals surface area contributed by atoms with Gasteiger partial charge in [0.2, 0.25) is 0 Å². The van der Waals surface area contributed by atoms with Gasteiger partial charge in [0.1, 0.15) is 5.75 Å². The topological polar surface area (TPSA) is 23.5 Å². The third-order valence-electron chi connectivity index (χ3n) is 5.50. The van der Waals surface area contributed by atoms with Crippen molar-refractivity contribution in [1.29, 1.82) is 0 Å². The molecule has 1 aliphatic heterocycles. The Morgan fingerprint density at radius 1 is 1.32 bits per heavy atom. The van der Waals surface area contributed by atoms with E-state index in [2.05, 4.69) is 31.7 Å². The van der Waals surface area contributed by atoms with Gasteiger partial charge < -0.3 is 10.0 Å². The quantitative estimate of drug-likeness (QED) is 0.725. The summed E-state index contributed by atoms with van der Waals surface area (Å²) < 4.78 is 0. The number of hydrogen-bond donors (Lipinski definition) is 1. The van der Waals surface area contributed by atoms with Crippen LogP contribution >= 0.6 is 11.6 Å². The molecule has 0 amide bonds. The monoisotopic (exact) mass is 323 g/mol. The van der Waals surface area contributed by atoms with Crippen LogP contribution in [0.2, 0.25) is 5.02 Å². The summed E-state index contributed by atoms with van der Waals surface area (Å²) in [5, 5.41) is 10.3. The van der Waals surface area contributed by atoms with Crippen molar-refractivity contribution in [3.63, 3.8) is 0 Å². The maximum atomic E-state index is 9.91. The number of phenols is 1. The van der Waals surface area contributed by atoms with Crippen molar-refractivity contribution in [3.05, 3.63) is 28.8 Å². The summed E-state index contributed by atoms with van der Waals surface area (Å²) in [4.78, 5) is 2.61. The van der Waals surface area contributed by atoms with Gasteiger partial charge in [-0.3, -0.25) is 0 Å². The summed E-state index contributed by atoms with van der Waals surface area (Å²) in [6.45, 7) is 10.4. The first-order valence-corrected chi connectivity index (χ1v) is 9.06. The Morgan fingerprint density at radius 2 is 2.09 bits per heavy atom. The van der Waals surface area contributed by atoms with Gasteiger partial charge in [0.15, 0.2) is 0 Å². The fourth-order valence-electron chi connectivity index (χ4n) is 3.58. The molecule has 0 aliphatic carbocycles. The predicted molar refractivity (Wildman–Crippen MR) is 94.8 cm³/mol. The molecule has 1 aliphatic rings. The molecule has 1 aromatic carbocycles. The normalized spacial score (nSPS) is 26.3. The molecule has 1 heterocycles. The molecule has 2 unspecified atom stereocenters. The number of hydrogen-bond acceptors (Lipinski definition) is 2. The van der Waals surface area contributed by atoms with E-state index in [1.54, 1.807) is 0 Å². The van der Waals surface area contributed by atoms with Crippen LogP contribution in [0.25, 0.3) is 0 Å². The van der Waals surface area contributed by atoms with E-state index < -0.39 is 0 Å². The smallest absolute Gasteiger partial charge is 0.134 e. The average molecular weight is 324 g/mol. The molecule has 1 fully saturated rings. The first-order chi connectivity index (χ1) is 10.5. The van der Waals surface area contributed by atoms with Gasteiger partial charge in [0.05, 0.1) is 5.02 Å². The predicted octanol–water partition coefficient (Wildman–Crippen LogP) is 5.23. The zero-order chi connectivity index (χ0) is 16.2. The van der Waals surface area contributed by atoms with Crippen molar-refractivity contribution in [1.82, 2.24) is 4.90 Å². The van der Waals surface area contributed by atoms with Gasteiger partial charge in [-0.2, -0.15) is 0 Å². The Labute approximate surface area is 140 Å². The third-order valence-corrected chi connectivity index (χ3v) is 5.82. The van der Waals surface area contributed by atoms with E-state index in [4.69, 9.17) is 11.6 Å². The molecule has 0 saturated carbocycles. The van der Waals surface area contributed by atoms with E-state index in [0.29, 0.717) is 10.9 Å². The first kappa shape index (κ1) is 17.6. The highest BCUT2D eigenvalue weighted by Gasteiger charge is 2.38. The van der Waals surface area contributed by atoms with Crippen molar-refractivity contribution >= 4 is 11.6 Å². The van der Waals surface area contributed by atoms with Gasteiger partial charge >= 0.3 is 0 Å². The standard InChI is InChI=1S/C19H30ClNO/c1-4-5-6-7-11-21-12-10-19(3,15(2)14-21)16-8-9-17(20)18(22)13-16/h8-9,13,15,22H,4-7,10-12,14H2,1-3H3. The minimum Gasteiger partial charge on any atom is -0.506 e. The van der Waals surface area contributed by atoms with Crippen LogP contribution in [0, 0.1) is 5.92 Å². The summed E-state index contributed by atoms with van der Waals surface area (Å²) in [5.74, 6) is 0.780. The highest BCUT2D eigenvalue weighted by atomic mass is 35.5. The van der Waals surface area contributed by atoms with E-state index in [0.717, 1.165) is 19.5 Å². The van der Waals surface area contributed by atoms with Crippen molar-refractivity contribution in [2.24, 2.45) is 5.92 Å². The van der Waals surface area contributed by atoms with Crippen LogP contribution in [0.1, 0.15) is 58.4 Å². The van der Waals surface area contributed by atoms with Crippen molar-refractivity contribution in [2.45, 2.75) is 58.3 Å². The van der Waals surface area contributed by atoms with Gasteiger partial charge in [-0.25, -0.2) is 0 Å². The van der Waals surface area contributed by atoms with Gasteiger partial charge in [0.25, 0.3) is 0 Å². The van der Waals surface area contributed by atoms with Gasteiger partial charge in [-0.05, 0) is 55.0 Å². The minimum atomic E-state index is 0.127. The van der Waals surface area contributed by atoms with Gasteiger partial charge in [-0.15, -0.1) is 0 Å². The fraction of sp³-hybridized carbons (Fsp3) is 0.684. The molecule has 22 heavy (non-hydrogen) atoms. The zero-order valence-corrected chi connectivity index (χ0v) is 15.0. The highest BCUT2D eigenvalue weighted by molar-refractivity contribution is 6.32. The lowest BCUT2D eigenvalue weighted by Crippen LogP contribution is -2.47. The average Bonchev–Trinajstić information content (AvgIpc) is 2.50. The second-order valence-corrected chi connectivity index (χ2v) is 7.50. The molecule has 1 saturated heterocycles. The molecular weight excluding hydrogens is 294 g/mol. The van der Waals surface area contributed by atoms with E-state index in [1.807, 2.05) is 12.1 Å². The van der Waals surface area contributed by atoms with Crippen LogP contribution < -0.4 is 0 Å². The maximum Gasteiger partial charge on any atom is 0.134 e. The molecule has 1 aromatic rings. The Kier molecular flexibility index (Phi) is 6.17. The summed E-state index contributed by atoms with van der Waals surface area (Å²) in [7, 11) is 0. The highest BCUT2D eigenvalue weighted by Crippen LogP contribution is 2.41. The van der Waals surface area contributed by atoms with Crippen molar-refractivity contribution in [2.75, 3.05) is 19.6 Å². The first-order valence-electron chi connectivity index (χ1n) is 8.68. The lowest BCUT2D eigenvalue weighted by molar-refractivity contribution is 0.109. The van der Waals surface area contributed by atoms with E-state index in [1.165, 1.54) is 37.8 Å². The summed E-state index contributed by atoms with van der Waals surface area (Å²) in [6.07, 6.45) is 6.46. The molecule has 2 atom stereocenters. The molecule has 124 valence electrons. The number of phenolic OH excluding ortho intramolecular Hbond substituents is 1. The number of unbranched alkanes of at least 4 members (excludes halogenated alkanes) is 3. The molecule has 1 N–H and O–H groups in total. The minimum absolute atomic E-state index is 0.127. The molecule has 2 nitrogen and oxygen atoms in total. The van der Waals surface area contributed by atoms with E-state index in [-0.39, 0.29) is 11.2 Å². The maximum absolute atomic E-state index is 9.91. The molecule has 0 aromatic heterocycles. The number of nitrogens with zero attached hydrogens (tertiary/aromatic N) is 1. The Balaban J connectivity index is 1.98. The molecular formula is C19H30ClNO. The number of aromatic hydroxyl groups is 1. The number of rotatable bonds is 6. The van der Waals surface area contributed by atoms with Gasteiger partial charge in [0, 0.05) is 6.54 Å². The Bertz CT molecular complexity index is 490. The van der Waals surface area contributed by atoms with E-state index >= 15 is 0 Å². The SMILES string of the molecule is CCCCCCN1CCC(C)(c2ccc(Cl)c(O)c2)C(C)C1. The molecule has 0 bridgehead atoms. The number of benzene rings is 1. The van der Waals surface area contributed by atoms with Crippen LogP contribution in [-0.2, 0) is 5.41 Å². The molecule has 3 heteroatoms. The second-order valence-electron chi connectivity index (χ2n) is 7.10. The van der Waals surface area contributed by atoms with Crippen LogP contribution in [0.5, 0.6) is 5.75 Å². The fourth-order valence-corrected chi connectivity index (χ4v) is 3.70. The summed E-state index contributed by atoms with van der Waals surface area (Å²) in [6, 6.07) is 5.76. The lowest BCUT2D eigenvalue weighted by Gasteiger charge is -2.45. The Morgan fingerprint density at radius 3 is 2.73 bits per heavy atom. The molecule has 2 rings (SSSR count).